The normalized spacial score (nSPS) is 13.9. The molecule has 0 amide bonds. The Morgan fingerprint density at radius 1 is 0.714 bits per heavy atom. The van der Waals surface area contributed by atoms with Gasteiger partial charge in [-0.05, 0) is 48.5 Å². The highest BCUT2D eigenvalue weighted by Gasteiger charge is 2.17. The van der Waals surface area contributed by atoms with Crippen molar-refractivity contribution in [2.75, 3.05) is 53.3 Å². The first-order chi connectivity index (χ1) is 13.7. The molecule has 28 heavy (non-hydrogen) atoms. The molecular formula is C19H22N8O. The number of benzene rings is 2. The maximum atomic E-state index is 5.76. The van der Waals surface area contributed by atoms with E-state index in [0.717, 1.165) is 24.5 Å². The number of morpholine rings is 1. The number of ether oxygens (including phenoxy) is 1. The molecular weight excluding hydrogens is 356 g/mol. The van der Waals surface area contributed by atoms with Gasteiger partial charge >= 0.3 is 0 Å². The number of nitrogens with one attached hydrogen (secondary N) is 2. The zero-order valence-corrected chi connectivity index (χ0v) is 15.3. The first kappa shape index (κ1) is 17.8. The molecule has 2 heterocycles. The molecule has 0 saturated carbocycles. The van der Waals surface area contributed by atoms with Crippen LogP contribution in [0.3, 0.4) is 0 Å². The second-order valence-corrected chi connectivity index (χ2v) is 6.38. The maximum Gasteiger partial charge on any atom is 0.233 e. The van der Waals surface area contributed by atoms with Crippen LogP contribution < -0.4 is 27.0 Å². The van der Waals surface area contributed by atoms with Crippen LogP contribution >= 0.6 is 0 Å². The van der Waals surface area contributed by atoms with Crippen molar-refractivity contribution in [3.05, 3.63) is 48.5 Å². The molecule has 0 aliphatic carbocycles. The summed E-state index contributed by atoms with van der Waals surface area (Å²) < 4.78 is 5.43. The van der Waals surface area contributed by atoms with E-state index in [2.05, 4.69) is 30.5 Å². The number of rotatable bonds is 5. The van der Waals surface area contributed by atoms with Crippen LogP contribution in [0.5, 0.6) is 0 Å². The molecule has 0 unspecified atom stereocenters. The van der Waals surface area contributed by atoms with Crippen molar-refractivity contribution < 1.29 is 4.74 Å². The lowest BCUT2D eigenvalue weighted by molar-refractivity contribution is 0.122. The smallest absolute Gasteiger partial charge is 0.233 e. The minimum absolute atomic E-state index is 0.444. The molecule has 1 saturated heterocycles. The van der Waals surface area contributed by atoms with Crippen LogP contribution in [0.2, 0.25) is 0 Å². The fourth-order valence-corrected chi connectivity index (χ4v) is 2.77. The lowest BCUT2D eigenvalue weighted by atomic mass is 10.3. The summed E-state index contributed by atoms with van der Waals surface area (Å²) in [5.74, 6) is 1.48. The molecule has 1 aliphatic heterocycles. The molecule has 0 atom stereocenters. The molecule has 6 N–H and O–H groups in total. The molecule has 1 fully saturated rings. The molecule has 9 heteroatoms. The van der Waals surface area contributed by atoms with Gasteiger partial charge in [-0.3, -0.25) is 0 Å². The van der Waals surface area contributed by atoms with Gasteiger partial charge in [-0.1, -0.05) is 0 Å². The van der Waals surface area contributed by atoms with Crippen molar-refractivity contribution in [3.63, 3.8) is 0 Å². The van der Waals surface area contributed by atoms with Gasteiger partial charge in [0, 0.05) is 35.8 Å². The van der Waals surface area contributed by atoms with Crippen LogP contribution in [0.1, 0.15) is 0 Å². The van der Waals surface area contributed by atoms with Crippen molar-refractivity contribution in [1.82, 2.24) is 15.0 Å². The number of nitrogen functional groups attached to an aromatic ring is 2. The summed E-state index contributed by atoms with van der Waals surface area (Å²) in [6.07, 6.45) is 0. The molecule has 2 aromatic carbocycles. The molecule has 1 aromatic heterocycles. The van der Waals surface area contributed by atoms with Gasteiger partial charge in [0.2, 0.25) is 17.8 Å². The number of nitrogens with two attached hydrogens (primary N) is 2. The third-order valence-electron chi connectivity index (χ3n) is 4.25. The van der Waals surface area contributed by atoms with E-state index >= 15 is 0 Å². The van der Waals surface area contributed by atoms with Gasteiger partial charge in [0.1, 0.15) is 0 Å². The van der Waals surface area contributed by atoms with Gasteiger partial charge in [-0.25, -0.2) is 0 Å². The average Bonchev–Trinajstić information content (AvgIpc) is 2.72. The summed E-state index contributed by atoms with van der Waals surface area (Å²) in [7, 11) is 0. The maximum absolute atomic E-state index is 5.76. The van der Waals surface area contributed by atoms with Crippen molar-refractivity contribution in [3.8, 4) is 0 Å². The van der Waals surface area contributed by atoms with Crippen LogP contribution in [-0.2, 0) is 4.74 Å². The predicted molar refractivity (Wildman–Crippen MR) is 111 cm³/mol. The van der Waals surface area contributed by atoms with Crippen molar-refractivity contribution in [2.45, 2.75) is 0 Å². The number of hydrogen-bond donors (Lipinski definition) is 4. The second-order valence-electron chi connectivity index (χ2n) is 6.38. The Bertz CT molecular complexity index is 858. The fourth-order valence-electron chi connectivity index (χ4n) is 2.77. The molecule has 0 radical (unpaired) electrons. The minimum atomic E-state index is 0.444. The number of nitrogens with zero attached hydrogens (tertiary/aromatic N) is 4. The van der Waals surface area contributed by atoms with E-state index in [-0.39, 0.29) is 0 Å². The average molecular weight is 378 g/mol. The van der Waals surface area contributed by atoms with Crippen molar-refractivity contribution >= 4 is 40.6 Å². The zero-order valence-electron chi connectivity index (χ0n) is 15.3. The summed E-state index contributed by atoms with van der Waals surface area (Å²) >= 11 is 0. The third-order valence-corrected chi connectivity index (χ3v) is 4.25. The monoisotopic (exact) mass is 378 g/mol. The summed E-state index contributed by atoms with van der Waals surface area (Å²) in [5.41, 5.74) is 14.6. The second kappa shape index (κ2) is 7.97. The summed E-state index contributed by atoms with van der Waals surface area (Å²) in [4.78, 5) is 15.7. The van der Waals surface area contributed by atoms with E-state index < -0.39 is 0 Å². The molecule has 4 rings (SSSR count). The Morgan fingerprint density at radius 3 is 1.64 bits per heavy atom. The molecule has 0 bridgehead atoms. The van der Waals surface area contributed by atoms with Crippen molar-refractivity contribution in [2.24, 2.45) is 0 Å². The van der Waals surface area contributed by atoms with Crippen LogP contribution in [-0.4, -0.2) is 41.3 Å². The Balaban J connectivity index is 1.63. The minimum Gasteiger partial charge on any atom is -0.399 e. The lowest BCUT2D eigenvalue weighted by Crippen LogP contribution is -2.37. The van der Waals surface area contributed by atoms with Crippen LogP contribution in [0.15, 0.2) is 48.5 Å². The lowest BCUT2D eigenvalue weighted by Gasteiger charge is -2.27. The number of anilines is 7. The highest BCUT2D eigenvalue weighted by Crippen LogP contribution is 2.22. The van der Waals surface area contributed by atoms with Crippen molar-refractivity contribution in [1.29, 1.82) is 0 Å². The van der Waals surface area contributed by atoms with Gasteiger partial charge < -0.3 is 31.7 Å². The zero-order chi connectivity index (χ0) is 19.3. The quantitative estimate of drug-likeness (QED) is 0.495. The topological polar surface area (TPSA) is 127 Å². The predicted octanol–water partition coefficient (Wildman–Crippen LogP) is 2.36. The summed E-state index contributed by atoms with van der Waals surface area (Å²) in [5, 5.41) is 6.42. The van der Waals surface area contributed by atoms with E-state index in [4.69, 9.17) is 16.2 Å². The van der Waals surface area contributed by atoms with E-state index in [9.17, 15) is 0 Å². The van der Waals surface area contributed by atoms with Gasteiger partial charge in [0.15, 0.2) is 0 Å². The van der Waals surface area contributed by atoms with E-state index in [1.54, 1.807) is 0 Å². The molecule has 144 valence electrons. The van der Waals surface area contributed by atoms with E-state index in [1.807, 2.05) is 48.5 Å². The first-order valence-electron chi connectivity index (χ1n) is 9.00. The van der Waals surface area contributed by atoms with Gasteiger partial charge in [0.25, 0.3) is 0 Å². The highest BCUT2D eigenvalue weighted by molar-refractivity contribution is 5.62. The van der Waals surface area contributed by atoms with E-state index in [0.29, 0.717) is 42.4 Å². The Kier molecular flexibility index (Phi) is 5.07. The SMILES string of the molecule is Nc1ccc(Nc2nc(Nc3ccc(N)cc3)nc(N3CCOCC3)n2)cc1. The highest BCUT2D eigenvalue weighted by atomic mass is 16.5. The van der Waals surface area contributed by atoms with Gasteiger partial charge in [-0.2, -0.15) is 15.0 Å². The first-order valence-corrected chi connectivity index (χ1v) is 9.00. The largest absolute Gasteiger partial charge is 0.399 e. The molecule has 3 aromatic rings. The molecule has 1 aliphatic rings. The Labute approximate surface area is 162 Å². The molecule has 0 spiro atoms. The van der Waals surface area contributed by atoms with Crippen LogP contribution in [0, 0.1) is 0 Å². The van der Waals surface area contributed by atoms with Crippen LogP contribution in [0.4, 0.5) is 40.6 Å². The Hall–Kier alpha value is -3.59. The van der Waals surface area contributed by atoms with Crippen LogP contribution in [0.25, 0.3) is 0 Å². The summed E-state index contributed by atoms with van der Waals surface area (Å²) in [6, 6.07) is 14.8. The fraction of sp³-hybridized carbons (Fsp3) is 0.211. The van der Waals surface area contributed by atoms with Gasteiger partial charge in [0.05, 0.1) is 13.2 Å². The van der Waals surface area contributed by atoms with E-state index in [1.165, 1.54) is 0 Å². The third kappa shape index (κ3) is 4.38. The Morgan fingerprint density at radius 2 is 1.18 bits per heavy atom. The standard InChI is InChI=1S/C19H22N8O/c20-13-1-5-15(6-2-13)22-17-24-18(23-16-7-3-14(21)4-8-16)26-19(25-17)27-9-11-28-12-10-27/h1-8H,9-12,20-21H2,(H2,22,23,24,25,26). The number of aromatic nitrogens is 3. The summed E-state index contributed by atoms with van der Waals surface area (Å²) in [6.45, 7) is 2.75. The number of hydrogen-bond acceptors (Lipinski definition) is 9. The molecule has 9 nitrogen and oxygen atoms in total. The van der Waals surface area contributed by atoms with Gasteiger partial charge in [-0.15, -0.1) is 0 Å².